The quantitative estimate of drug-likeness (QED) is 0.575. The van der Waals surface area contributed by atoms with Gasteiger partial charge in [0.2, 0.25) is 15.9 Å². The average molecular weight is 431 g/mol. The number of carbonyl (C=O) groups excluding carboxylic acids is 1. The topological polar surface area (TPSA) is 79.6 Å². The monoisotopic (exact) mass is 430 g/mol. The van der Waals surface area contributed by atoms with Crippen molar-refractivity contribution in [1.82, 2.24) is 4.31 Å². The van der Waals surface area contributed by atoms with Crippen molar-refractivity contribution in [3.8, 4) is 0 Å². The molecule has 6 nitrogen and oxygen atoms in total. The van der Waals surface area contributed by atoms with Crippen LogP contribution in [0.1, 0.15) is 31.1 Å². The van der Waals surface area contributed by atoms with E-state index in [4.69, 9.17) is 4.42 Å². The Morgan fingerprint density at radius 2 is 1.77 bits per heavy atom. The number of furan rings is 1. The van der Waals surface area contributed by atoms with E-state index in [1.165, 1.54) is 24.5 Å². The third-order valence-electron chi connectivity index (χ3n) is 4.55. The highest BCUT2D eigenvalue weighted by molar-refractivity contribution is 7.89. The minimum atomic E-state index is -4.28. The molecule has 0 atom stereocenters. The van der Waals surface area contributed by atoms with Gasteiger partial charge in [0, 0.05) is 5.69 Å². The Bertz CT molecular complexity index is 1090. The van der Waals surface area contributed by atoms with Crippen molar-refractivity contribution < 1.29 is 22.0 Å². The van der Waals surface area contributed by atoms with Gasteiger partial charge in [-0.1, -0.05) is 38.1 Å². The molecule has 158 valence electrons. The van der Waals surface area contributed by atoms with Gasteiger partial charge in [0.25, 0.3) is 0 Å². The van der Waals surface area contributed by atoms with Gasteiger partial charge < -0.3 is 9.73 Å². The SMILES string of the molecule is CC(C)c1ccc(NC(=O)CN(Cc2ccco2)S(=O)(=O)c2ccccc2F)cc1. The maximum Gasteiger partial charge on any atom is 0.246 e. The molecule has 0 aliphatic carbocycles. The fraction of sp³-hybridized carbons (Fsp3) is 0.227. The molecule has 2 aromatic carbocycles. The number of hydrogen-bond acceptors (Lipinski definition) is 4. The Hall–Kier alpha value is -2.97. The number of benzene rings is 2. The predicted octanol–water partition coefficient (Wildman–Crippen LogP) is 4.37. The molecule has 3 rings (SSSR count). The fourth-order valence-corrected chi connectivity index (χ4v) is 4.33. The summed E-state index contributed by atoms with van der Waals surface area (Å²) in [4.78, 5) is 12.1. The van der Waals surface area contributed by atoms with Gasteiger partial charge in [-0.3, -0.25) is 4.79 Å². The number of rotatable bonds is 8. The van der Waals surface area contributed by atoms with Crippen LogP contribution in [0.5, 0.6) is 0 Å². The number of amides is 1. The number of hydrogen-bond donors (Lipinski definition) is 1. The Morgan fingerprint density at radius 1 is 1.07 bits per heavy atom. The standard InChI is InChI=1S/C22H23FN2O4S/c1-16(2)17-9-11-18(12-10-17)24-22(26)15-25(14-19-6-5-13-29-19)30(27,28)21-8-4-3-7-20(21)23/h3-13,16H,14-15H2,1-2H3,(H,24,26). The van der Waals surface area contributed by atoms with Crippen molar-refractivity contribution in [2.45, 2.75) is 31.2 Å². The second-order valence-corrected chi connectivity index (χ2v) is 9.01. The predicted molar refractivity (Wildman–Crippen MR) is 112 cm³/mol. The molecule has 0 aliphatic heterocycles. The second-order valence-electron chi connectivity index (χ2n) is 7.11. The highest BCUT2D eigenvalue weighted by Crippen LogP contribution is 2.22. The summed E-state index contributed by atoms with van der Waals surface area (Å²) in [6, 6.07) is 15.6. The second kappa shape index (κ2) is 9.23. The summed E-state index contributed by atoms with van der Waals surface area (Å²) in [6.07, 6.45) is 1.40. The number of carbonyl (C=O) groups is 1. The van der Waals surface area contributed by atoms with Crippen molar-refractivity contribution in [3.05, 3.63) is 84.1 Å². The molecular formula is C22H23FN2O4S. The maximum absolute atomic E-state index is 14.2. The number of nitrogens with one attached hydrogen (secondary N) is 1. The molecule has 0 aliphatic rings. The summed E-state index contributed by atoms with van der Waals surface area (Å²) in [5.74, 6) is -0.737. The number of nitrogens with zero attached hydrogens (tertiary/aromatic N) is 1. The van der Waals surface area contributed by atoms with Crippen LogP contribution in [0.15, 0.2) is 76.2 Å². The fourth-order valence-electron chi connectivity index (χ4n) is 2.91. The van der Waals surface area contributed by atoms with Crippen molar-refractivity contribution >= 4 is 21.6 Å². The molecule has 0 saturated carbocycles. The van der Waals surface area contributed by atoms with Gasteiger partial charge in [0.05, 0.1) is 19.4 Å². The summed E-state index contributed by atoms with van der Waals surface area (Å²) >= 11 is 0. The molecule has 0 bridgehead atoms. The molecule has 0 saturated heterocycles. The van der Waals surface area contributed by atoms with Crippen LogP contribution in [0.4, 0.5) is 10.1 Å². The van der Waals surface area contributed by atoms with Crippen LogP contribution < -0.4 is 5.32 Å². The van der Waals surface area contributed by atoms with E-state index in [1.807, 2.05) is 12.1 Å². The zero-order chi connectivity index (χ0) is 21.7. The molecule has 1 heterocycles. The van der Waals surface area contributed by atoms with Gasteiger partial charge in [-0.15, -0.1) is 0 Å². The normalized spacial score (nSPS) is 11.8. The molecule has 0 radical (unpaired) electrons. The van der Waals surface area contributed by atoms with Gasteiger partial charge in [-0.2, -0.15) is 4.31 Å². The Balaban J connectivity index is 1.82. The molecular weight excluding hydrogens is 407 g/mol. The third-order valence-corrected chi connectivity index (χ3v) is 6.37. The molecule has 8 heteroatoms. The number of anilines is 1. The van der Waals surface area contributed by atoms with Crippen molar-refractivity contribution in [1.29, 1.82) is 0 Å². The maximum atomic E-state index is 14.2. The summed E-state index contributed by atoms with van der Waals surface area (Å²) in [6.45, 7) is 3.42. The Labute approximate surface area is 175 Å². The molecule has 1 amide bonds. The summed E-state index contributed by atoms with van der Waals surface area (Å²) < 4.78 is 46.4. The zero-order valence-electron chi connectivity index (χ0n) is 16.7. The first-order chi connectivity index (χ1) is 14.3. The molecule has 3 aromatic rings. The van der Waals surface area contributed by atoms with Crippen LogP contribution in [0, 0.1) is 5.82 Å². The molecule has 0 fully saturated rings. The molecule has 1 N–H and O–H groups in total. The lowest BCUT2D eigenvalue weighted by Gasteiger charge is -2.21. The highest BCUT2D eigenvalue weighted by atomic mass is 32.2. The Morgan fingerprint density at radius 3 is 2.37 bits per heavy atom. The first-order valence-electron chi connectivity index (χ1n) is 9.44. The van der Waals surface area contributed by atoms with E-state index in [9.17, 15) is 17.6 Å². The van der Waals surface area contributed by atoms with Crippen molar-refractivity contribution in [2.24, 2.45) is 0 Å². The van der Waals surface area contributed by atoms with E-state index in [0.717, 1.165) is 15.9 Å². The van der Waals surface area contributed by atoms with Crippen LogP contribution in [0.2, 0.25) is 0 Å². The third kappa shape index (κ3) is 5.14. The van der Waals surface area contributed by atoms with Crippen LogP contribution in [0.25, 0.3) is 0 Å². The van der Waals surface area contributed by atoms with E-state index >= 15 is 0 Å². The lowest BCUT2D eigenvalue weighted by Crippen LogP contribution is -2.37. The molecule has 0 spiro atoms. The van der Waals surface area contributed by atoms with E-state index < -0.39 is 33.2 Å². The van der Waals surface area contributed by atoms with Gasteiger partial charge in [0.15, 0.2) is 0 Å². The minimum Gasteiger partial charge on any atom is -0.468 e. The number of sulfonamides is 1. The van der Waals surface area contributed by atoms with Crippen LogP contribution in [0.3, 0.4) is 0 Å². The highest BCUT2D eigenvalue weighted by Gasteiger charge is 2.30. The lowest BCUT2D eigenvalue weighted by molar-refractivity contribution is -0.116. The zero-order valence-corrected chi connectivity index (χ0v) is 17.5. The van der Waals surface area contributed by atoms with E-state index in [2.05, 4.69) is 19.2 Å². The van der Waals surface area contributed by atoms with Gasteiger partial charge in [0.1, 0.15) is 16.5 Å². The molecule has 0 unspecified atom stereocenters. The molecule has 30 heavy (non-hydrogen) atoms. The Kier molecular flexibility index (Phi) is 6.69. The van der Waals surface area contributed by atoms with Crippen LogP contribution in [-0.2, 0) is 21.4 Å². The summed E-state index contributed by atoms with van der Waals surface area (Å²) in [5.41, 5.74) is 1.67. The van der Waals surface area contributed by atoms with Crippen molar-refractivity contribution in [3.63, 3.8) is 0 Å². The first-order valence-corrected chi connectivity index (χ1v) is 10.9. The smallest absolute Gasteiger partial charge is 0.246 e. The van der Waals surface area contributed by atoms with Crippen molar-refractivity contribution in [2.75, 3.05) is 11.9 Å². The summed E-state index contributed by atoms with van der Waals surface area (Å²) in [5, 5.41) is 2.69. The van der Waals surface area contributed by atoms with E-state index in [0.29, 0.717) is 17.4 Å². The first kappa shape index (κ1) is 21.7. The van der Waals surface area contributed by atoms with Gasteiger partial charge >= 0.3 is 0 Å². The van der Waals surface area contributed by atoms with E-state index in [-0.39, 0.29) is 6.54 Å². The summed E-state index contributed by atoms with van der Waals surface area (Å²) in [7, 11) is -4.28. The van der Waals surface area contributed by atoms with Crippen LogP contribution >= 0.6 is 0 Å². The largest absolute Gasteiger partial charge is 0.468 e. The number of halogens is 1. The van der Waals surface area contributed by atoms with Gasteiger partial charge in [-0.05, 0) is 47.9 Å². The van der Waals surface area contributed by atoms with Crippen LogP contribution in [-0.4, -0.2) is 25.2 Å². The average Bonchev–Trinajstić information content (AvgIpc) is 3.21. The minimum absolute atomic E-state index is 0.205. The van der Waals surface area contributed by atoms with Gasteiger partial charge in [-0.25, -0.2) is 12.8 Å². The molecule has 1 aromatic heterocycles. The lowest BCUT2D eigenvalue weighted by atomic mass is 10.0. The van der Waals surface area contributed by atoms with E-state index in [1.54, 1.807) is 24.3 Å².